The van der Waals surface area contributed by atoms with Crippen LogP contribution in [0.5, 0.6) is 0 Å². The first-order chi connectivity index (χ1) is 31.2. The van der Waals surface area contributed by atoms with E-state index in [2.05, 4.69) is 219 Å². The van der Waals surface area contributed by atoms with Gasteiger partial charge in [0.25, 0.3) is 16.6 Å². The third-order valence-electron chi connectivity index (χ3n) is 12.5. The average molecular weight is 879 g/mol. The summed E-state index contributed by atoms with van der Waals surface area (Å²) in [4.78, 5) is 12.5. The number of allylic oxidation sites excluding steroid dienone is 1. The van der Waals surface area contributed by atoms with Gasteiger partial charge in [0.05, 0.1) is 6.10 Å². The minimum atomic E-state index is -3.41. The van der Waals surface area contributed by atoms with Gasteiger partial charge in [-0.05, 0) is 88.9 Å². The van der Waals surface area contributed by atoms with Crippen LogP contribution in [0.15, 0.2) is 224 Å². The first-order valence-corrected chi connectivity index (χ1v) is 26.2. The largest absolute Gasteiger partial charge is 0.401 e. The summed E-state index contributed by atoms with van der Waals surface area (Å²) < 4.78 is 30.6. The van der Waals surface area contributed by atoms with Crippen LogP contribution in [-0.4, -0.2) is 52.6 Å². The maximum Gasteiger partial charge on any atom is 0.288 e. The maximum atomic E-state index is 12.5. The van der Waals surface area contributed by atoms with Gasteiger partial charge in [0, 0.05) is 12.5 Å². The van der Waals surface area contributed by atoms with Gasteiger partial charge in [-0.1, -0.05) is 212 Å². The lowest BCUT2D eigenvalue weighted by molar-refractivity contribution is -0.347. The molecule has 0 saturated carbocycles. The monoisotopic (exact) mass is 878 g/mol. The Bertz CT molecular complexity index is 2370. The molecule has 0 aromatic heterocycles. The molecule has 0 amide bonds. The molecule has 4 unspecified atom stereocenters. The Kier molecular flexibility index (Phi) is 14.0. The molecule has 7 aromatic rings. The molecule has 8 rings (SSSR count). The predicted molar refractivity (Wildman–Crippen MR) is 265 cm³/mol. The molecular formula is C57H58O5Si2. The summed E-state index contributed by atoms with van der Waals surface area (Å²) in [6.45, 7) is 7.89. The van der Waals surface area contributed by atoms with E-state index in [0.717, 1.165) is 50.2 Å². The van der Waals surface area contributed by atoms with Crippen molar-refractivity contribution in [3.05, 3.63) is 230 Å². The zero-order valence-corrected chi connectivity index (χ0v) is 39.3. The van der Waals surface area contributed by atoms with E-state index in [-0.39, 0.29) is 6.10 Å². The molecule has 324 valence electrons. The van der Waals surface area contributed by atoms with Gasteiger partial charge < -0.3 is 18.3 Å². The van der Waals surface area contributed by atoms with E-state index in [0.29, 0.717) is 12.0 Å². The summed E-state index contributed by atoms with van der Waals surface area (Å²) in [6.07, 6.45) is 3.23. The molecule has 64 heavy (non-hydrogen) atoms. The van der Waals surface area contributed by atoms with Crippen LogP contribution in [0.4, 0.5) is 0 Å². The van der Waals surface area contributed by atoms with Gasteiger partial charge in [0.2, 0.25) is 0 Å². The first kappa shape index (κ1) is 44.8. The van der Waals surface area contributed by atoms with Crippen molar-refractivity contribution in [1.82, 2.24) is 0 Å². The number of aryl methyl sites for hydroxylation is 1. The number of ether oxygens (including phenoxy) is 2. The zero-order valence-electron chi connectivity index (χ0n) is 37.3. The molecule has 1 fully saturated rings. The summed E-state index contributed by atoms with van der Waals surface area (Å²) >= 11 is 0. The zero-order chi connectivity index (χ0) is 44.5. The summed E-state index contributed by atoms with van der Waals surface area (Å²) in [6, 6.07) is 74.7. The lowest BCUT2D eigenvalue weighted by Crippen LogP contribution is -2.76. The molecule has 0 radical (unpaired) electrons. The fourth-order valence-electron chi connectivity index (χ4n) is 9.41. The van der Waals surface area contributed by atoms with Crippen molar-refractivity contribution in [1.29, 1.82) is 0 Å². The highest BCUT2D eigenvalue weighted by molar-refractivity contribution is 7.07. The van der Waals surface area contributed by atoms with Crippen LogP contribution >= 0.6 is 0 Å². The maximum absolute atomic E-state index is 12.5. The minimum absolute atomic E-state index is 0.327. The highest BCUT2D eigenvalue weighted by Crippen LogP contribution is 2.42. The van der Waals surface area contributed by atoms with Gasteiger partial charge in [0.15, 0.2) is 5.79 Å². The van der Waals surface area contributed by atoms with Crippen molar-refractivity contribution in [2.24, 2.45) is 0 Å². The molecule has 5 nitrogen and oxygen atoms in total. The van der Waals surface area contributed by atoms with Gasteiger partial charge >= 0.3 is 0 Å². The lowest BCUT2D eigenvalue weighted by atomic mass is 9.85. The Hall–Kier alpha value is -5.78. The van der Waals surface area contributed by atoms with E-state index in [1.165, 1.54) is 5.56 Å². The van der Waals surface area contributed by atoms with Crippen molar-refractivity contribution in [3.8, 4) is 0 Å². The molecule has 1 aliphatic rings. The van der Waals surface area contributed by atoms with E-state index in [1.54, 1.807) is 0 Å². The van der Waals surface area contributed by atoms with E-state index >= 15 is 0 Å². The molecule has 0 spiro atoms. The molecule has 0 N–H and O–H groups in total. The Morgan fingerprint density at radius 1 is 0.547 bits per heavy atom. The average Bonchev–Trinajstić information content (AvgIpc) is 3.35. The van der Waals surface area contributed by atoms with E-state index in [1.807, 2.05) is 26.8 Å². The lowest BCUT2D eigenvalue weighted by Gasteiger charge is -2.55. The summed E-state index contributed by atoms with van der Waals surface area (Å²) in [5, 5.41) is 6.76. The topological polar surface area (TPSA) is 54.0 Å². The summed E-state index contributed by atoms with van der Waals surface area (Å²) in [7, 11) is -6.63. The summed E-state index contributed by atoms with van der Waals surface area (Å²) in [5.74, 6) is -1.04. The highest BCUT2D eigenvalue weighted by atomic mass is 28.4. The molecule has 7 heteroatoms. The number of benzene rings is 7. The smallest absolute Gasteiger partial charge is 0.288 e. The number of rotatable bonds is 17. The number of carbonyl (C=O) groups excluding carboxylic acids is 1. The van der Waals surface area contributed by atoms with E-state index in [9.17, 15) is 4.79 Å². The second kappa shape index (κ2) is 19.9. The van der Waals surface area contributed by atoms with Gasteiger partial charge in [-0.3, -0.25) is 4.79 Å². The molecule has 1 saturated heterocycles. The Labute approximate surface area is 381 Å². The molecule has 4 atom stereocenters. The van der Waals surface area contributed by atoms with Crippen molar-refractivity contribution in [2.45, 2.75) is 76.7 Å². The van der Waals surface area contributed by atoms with Crippen LogP contribution < -0.4 is 31.1 Å². The van der Waals surface area contributed by atoms with Crippen molar-refractivity contribution < 1.29 is 23.1 Å². The Balaban J connectivity index is 1.34. The van der Waals surface area contributed by atoms with Crippen LogP contribution in [0.25, 0.3) is 0 Å². The predicted octanol–water partition coefficient (Wildman–Crippen LogP) is 8.17. The first-order valence-electron chi connectivity index (χ1n) is 22.4. The molecule has 0 aliphatic carbocycles. The normalized spacial score (nSPS) is 19.4. The van der Waals surface area contributed by atoms with E-state index < -0.39 is 40.2 Å². The molecule has 1 heterocycles. The van der Waals surface area contributed by atoms with Crippen molar-refractivity contribution >= 4 is 54.0 Å². The second-order valence-corrected chi connectivity index (χ2v) is 24.0. The number of hydrogen-bond acceptors (Lipinski definition) is 5. The van der Waals surface area contributed by atoms with Crippen LogP contribution in [0.1, 0.15) is 46.1 Å². The number of aldehydes is 1. The summed E-state index contributed by atoms with van der Waals surface area (Å²) in [5.41, 5.74) is 0.641. The Morgan fingerprint density at radius 3 is 1.28 bits per heavy atom. The van der Waals surface area contributed by atoms with Crippen molar-refractivity contribution in [3.63, 3.8) is 0 Å². The van der Waals surface area contributed by atoms with Crippen LogP contribution in [0.2, 0.25) is 0 Å². The standard InChI is InChI=1S/C57H58O5Si2/c1-45(44-58)42-54-57(4,62-64(51-34-20-9-21-35-51,52-36-22-10-23-37-52)53-38-24-11-25-39-53)55(60-56(2,3)59-54)43-47(41-40-46-26-12-5-13-27-46)61-63(48-28-14-6-15-29-48,49-30-16-7-17-31-49)50-32-18-8-19-33-50/h5-39,42,44,47,54-55H,40-41,43H2,1-4H3. The SMILES string of the molecule is CC(C=O)=CC1OC(C)(C)OC(CC(CCc2ccccc2)O[Si](c2ccccc2)(c2ccccc2)c2ccccc2)C1(C)O[Si](c1ccccc1)(c1ccccc1)c1ccccc1. The molecule has 0 bridgehead atoms. The quantitative estimate of drug-likeness (QED) is 0.0400. The van der Waals surface area contributed by atoms with Gasteiger partial charge in [-0.2, -0.15) is 0 Å². The fraction of sp³-hybridized carbons (Fsp3) is 0.211. The third kappa shape index (κ3) is 9.52. The highest BCUT2D eigenvalue weighted by Gasteiger charge is 2.58. The van der Waals surface area contributed by atoms with Crippen molar-refractivity contribution in [2.75, 3.05) is 0 Å². The molecule has 1 aliphatic heterocycles. The second-order valence-electron chi connectivity index (χ2n) is 17.4. The van der Waals surface area contributed by atoms with Gasteiger partial charge in [-0.25, -0.2) is 0 Å². The van der Waals surface area contributed by atoms with Crippen LogP contribution in [-0.2, 0) is 29.5 Å². The number of hydrogen-bond donors (Lipinski definition) is 0. The molecule has 7 aromatic carbocycles. The Morgan fingerprint density at radius 2 is 0.906 bits per heavy atom. The number of carbonyl (C=O) groups is 1. The van der Waals surface area contributed by atoms with Crippen LogP contribution in [0, 0.1) is 0 Å². The van der Waals surface area contributed by atoms with Gasteiger partial charge in [-0.15, -0.1) is 0 Å². The van der Waals surface area contributed by atoms with Crippen LogP contribution in [0.3, 0.4) is 0 Å². The fourth-order valence-corrected chi connectivity index (χ4v) is 17.8. The van der Waals surface area contributed by atoms with Gasteiger partial charge in [0.1, 0.15) is 18.0 Å². The van der Waals surface area contributed by atoms with E-state index in [4.69, 9.17) is 18.3 Å². The minimum Gasteiger partial charge on any atom is -0.401 e. The molecular weight excluding hydrogens is 821 g/mol. The third-order valence-corrected chi connectivity index (χ3v) is 20.8.